The van der Waals surface area contributed by atoms with E-state index in [9.17, 15) is 4.79 Å². The van der Waals surface area contributed by atoms with Gasteiger partial charge in [0.1, 0.15) is 17.8 Å². The number of hydrogen-bond acceptors (Lipinski definition) is 4. The van der Waals surface area contributed by atoms with E-state index in [2.05, 4.69) is 32.7 Å². The molecule has 0 bridgehead atoms. The Kier molecular flexibility index (Phi) is 5.26. The normalized spacial score (nSPS) is 10.4. The van der Waals surface area contributed by atoms with Crippen LogP contribution in [0, 0.1) is 0 Å². The first kappa shape index (κ1) is 15.0. The van der Waals surface area contributed by atoms with Gasteiger partial charge < -0.3 is 10.6 Å². The van der Waals surface area contributed by atoms with Crippen molar-refractivity contribution < 1.29 is 4.79 Å². The van der Waals surface area contributed by atoms with Gasteiger partial charge in [-0.2, -0.15) is 0 Å². The van der Waals surface area contributed by atoms with Crippen molar-refractivity contribution in [1.29, 1.82) is 0 Å². The molecule has 0 aliphatic heterocycles. The number of carbonyl (C=O) groups is 1. The van der Waals surface area contributed by atoms with Gasteiger partial charge in [-0.25, -0.2) is 9.97 Å². The van der Waals surface area contributed by atoms with Crippen molar-refractivity contribution in [3.63, 3.8) is 0 Å². The van der Waals surface area contributed by atoms with Crippen LogP contribution in [0.1, 0.15) is 29.9 Å². The van der Waals surface area contributed by atoms with Gasteiger partial charge in [0.05, 0.1) is 0 Å². The van der Waals surface area contributed by atoms with Crippen molar-refractivity contribution in [2.24, 2.45) is 0 Å². The first-order chi connectivity index (χ1) is 10.1. The maximum atomic E-state index is 11.9. The molecule has 2 aromatic rings. The molecule has 5 nitrogen and oxygen atoms in total. The summed E-state index contributed by atoms with van der Waals surface area (Å²) in [4.78, 5) is 20.0. The SMILES string of the molecule is CC(C)NC(=O)c1cc(NCCc2ccccc2)ncn1. The lowest BCUT2D eigenvalue weighted by Gasteiger charge is -2.09. The van der Waals surface area contributed by atoms with Gasteiger partial charge in [-0.1, -0.05) is 30.3 Å². The molecule has 1 aromatic carbocycles. The van der Waals surface area contributed by atoms with Crippen LogP contribution in [0.3, 0.4) is 0 Å². The molecule has 1 amide bonds. The van der Waals surface area contributed by atoms with Crippen molar-refractivity contribution in [3.8, 4) is 0 Å². The van der Waals surface area contributed by atoms with Gasteiger partial charge in [0.15, 0.2) is 0 Å². The molecule has 0 aliphatic rings. The number of aromatic nitrogens is 2. The average molecular weight is 284 g/mol. The predicted octanol–water partition coefficient (Wildman–Crippen LogP) is 2.27. The number of benzene rings is 1. The summed E-state index contributed by atoms with van der Waals surface area (Å²) in [6, 6.07) is 12.0. The van der Waals surface area contributed by atoms with Crippen LogP contribution in [-0.2, 0) is 6.42 Å². The monoisotopic (exact) mass is 284 g/mol. The molecule has 0 aliphatic carbocycles. The average Bonchev–Trinajstić information content (AvgIpc) is 2.48. The number of rotatable bonds is 6. The van der Waals surface area contributed by atoms with Gasteiger partial charge in [-0.15, -0.1) is 0 Å². The third-order valence-corrected chi connectivity index (χ3v) is 2.88. The van der Waals surface area contributed by atoms with Crippen LogP contribution >= 0.6 is 0 Å². The zero-order valence-corrected chi connectivity index (χ0v) is 12.3. The fraction of sp³-hybridized carbons (Fsp3) is 0.312. The van der Waals surface area contributed by atoms with Crippen molar-refractivity contribution in [1.82, 2.24) is 15.3 Å². The minimum absolute atomic E-state index is 0.0851. The van der Waals surface area contributed by atoms with Crippen LogP contribution in [0.2, 0.25) is 0 Å². The molecule has 110 valence electrons. The summed E-state index contributed by atoms with van der Waals surface area (Å²) in [5.74, 6) is 0.480. The number of anilines is 1. The van der Waals surface area contributed by atoms with Gasteiger partial charge in [-0.3, -0.25) is 4.79 Å². The largest absolute Gasteiger partial charge is 0.370 e. The van der Waals surface area contributed by atoms with Crippen LogP contribution in [-0.4, -0.2) is 28.5 Å². The first-order valence-electron chi connectivity index (χ1n) is 7.06. The molecule has 21 heavy (non-hydrogen) atoms. The second-order valence-corrected chi connectivity index (χ2v) is 5.08. The highest BCUT2D eigenvalue weighted by Crippen LogP contribution is 2.05. The molecule has 2 rings (SSSR count). The number of nitrogens with one attached hydrogen (secondary N) is 2. The van der Waals surface area contributed by atoms with Gasteiger partial charge in [-0.05, 0) is 25.8 Å². The fourth-order valence-electron chi connectivity index (χ4n) is 1.89. The predicted molar refractivity (Wildman–Crippen MR) is 83.3 cm³/mol. The van der Waals surface area contributed by atoms with Crippen molar-refractivity contribution >= 4 is 11.7 Å². The molecule has 0 saturated heterocycles. The van der Waals surface area contributed by atoms with Crippen LogP contribution < -0.4 is 10.6 Å². The third kappa shape index (κ3) is 4.87. The third-order valence-electron chi connectivity index (χ3n) is 2.88. The van der Waals surface area contributed by atoms with Gasteiger partial charge in [0, 0.05) is 18.7 Å². The summed E-state index contributed by atoms with van der Waals surface area (Å²) in [5.41, 5.74) is 1.64. The number of hydrogen-bond donors (Lipinski definition) is 2. The van der Waals surface area contributed by atoms with E-state index in [4.69, 9.17) is 0 Å². The van der Waals surface area contributed by atoms with Crippen molar-refractivity contribution in [3.05, 3.63) is 54.0 Å². The quantitative estimate of drug-likeness (QED) is 0.854. The Morgan fingerprint density at radius 1 is 1.19 bits per heavy atom. The molecule has 0 spiro atoms. The van der Waals surface area contributed by atoms with Crippen LogP contribution in [0.15, 0.2) is 42.7 Å². The lowest BCUT2D eigenvalue weighted by Crippen LogP contribution is -2.30. The van der Waals surface area contributed by atoms with Crippen LogP contribution in [0.4, 0.5) is 5.82 Å². The maximum Gasteiger partial charge on any atom is 0.270 e. The second kappa shape index (κ2) is 7.38. The van der Waals surface area contributed by atoms with Crippen molar-refractivity contribution in [2.45, 2.75) is 26.3 Å². The smallest absolute Gasteiger partial charge is 0.270 e. The van der Waals surface area contributed by atoms with E-state index in [1.807, 2.05) is 32.0 Å². The Hall–Kier alpha value is -2.43. The van der Waals surface area contributed by atoms with E-state index in [0.29, 0.717) is 11.5 Å². The summed E-state index contributed by atoms with van der Waals surface area (Å²) < 4.78 is 0. The first-order valence-corrected chi connectivity index (χ1v) is 7.06. The molecule has 2 N–H and O–H groups in total. The van der Waals surface area contributed by atoms with E-state index in [0.717, 1.165) is 13.0 Å². The van der Waals surface area contributed by atoms with E-state index in [-0.39, 0.29) is 11.9 Å². The molecular formula is C16H20N4O. The summed E-state index contributed by atoms with van der Waals surface area (Å²) >= 11 is 0. The highest BCUT2D eigenvalue weighted by molar-refractivity contribution is 5.92. The number of amides is 1. The second-order valence-electron chi connectivity index (χ2n) is 5.08. The topological polar surface area (TPSA) is 66.9 Å². The highest BCUT2D eigenvalue weighted by atomic mass is 16.1. The Balaban J connectivity index is 1.90. The molecule has 0 atom stereocenters. The molecule has 0 saturated carbocycles. The van der Waals surface area contributed by atoms with E-state index in [1.165, 1.54) is 11.9 Å². The van der Waals surface area contributed by atoms with E-state index in [1.54, 1.807) is 6.07 Å². The highest BCUT2D eigenvalue weighted by Gasteiger charge is 2.09. The Labute approximate surface area is 124 Å². The summed E-state index contributed by atoms with van der Waals surface area (Å²) in [6.07, 6.45) is 2.30. The van der Waals surface area contributed by atoms with Gasteiger partial charge >= 0.3 is 0 Å². The standard InChI is InChI=1S/C16H20N4O/c1-12(2)20-16(21)14-10-15(19-11-18-14)17-9-8-13-6-4-3-5-7-13/h3-7,10-12H,8-9H2,1-2H3,(H,20,21)(H,17,18,19). The van der Waals surface area contributed by atoms with Crippen molar-refractivity contribution in [2.75, 3.05) is 11.9 Å². The molecule has 1 heterocycles. The number of carbonyl (C=O) groups excluding carboxylic acids is 1. The summed E-state index contributed by atoms with van der Waals surface area (Å²) in [5, 5.41) is 6.02. The molecule has 5 heteroatoms. The Morgan fingerprint density at radius 3 is 2.67 bits per heavy atom. The minimum atomic E-state index is -0.182. The minimum Gasteiger partial charge on any atom is -0.370 e. The fourth-order valence-corrected chi connectivity index (χ4v) is 1.89. The van der Waals surface area contributed by atoms with E-state index < -0.39 is 0 Å². The number of nitrogens with zero attached hydrogens (tertiary/aromatic N) is 2. The molecule has 0 radical (unpaired) electrons. The molecule has 0 unspecified atom stereocenters. The Bertz CT molecular complexity index is 584. The summed E-state index contributed by atoms with van der Waals surface area (Å²) in [7, 11) is 0. The lowest BCUT2D eigenvalue weighted by molar-refractivity contribution is 0.0938. The zero-order chi connectivity index (χ0) is 15.1. The van der Waals surface area contributed by atoms with Crippen LogP contribution in [0.25, 0.3) is 0 Å². The molecule has 1 aromatic heterocycles. The zero-order valence-electron chi connectivity index (χ0n) is 12.3. The maximum absolute atomic E-state index is 11.9. The van der Waals surface area contributed by atoms with E-state index >= 15 is 0 Å². The molecular weight excluding hydrogens is 264 g/mol. The molecule has 0 fully saturated rings. The van der Waals surface area contributed by atoms with Gasteiger partial charge in [0.25, 0.3) is 5.91 Å². The van der Waals surface area contributed by atoms with Gasteiger partial charge in [0.2, 0.25) is 0 Å². The lowest BCUT2D eigenvalue weighted by atomic mass is 10.1. The van der Waals surface area contributed by atoms with Crippen LogP contribution in [0.5, 0.6) is 0 Å². The summed E-state index contributed by atoms with van der Waals surface area (Å²) in [6.45, 7) is 4.59. The Morgan fingerprint density at radius 2 is 1.95 bits per heavy atom.